The maximum atomic E-state index is 12.0. The van der Waals surface area contributed by atoms with Crippen LogP contribution in [0.15, 0.2) is 47.5 Å². The maximum absolute atomic E-state index is 12.0. The second kappa shape index (κ2) is 4.82. The van der Waals surface area contributed by atoms with Crippen molar-refractivity contribution in [2.45, 2.75) is 6.92 Å². The first-order valence-electron chi connectivity index (χ1n) is 6.30. The fourth-order valence-electron chi connectivity index (χ4n) is 2.16. The van der Waals surface area contributed by atoms with Crippen molar-refractivity contribution in [3.05, 3.63) is 63.7 Å². The summed E-state index contributed by atoms with van der Waals surface area (Å²) in [6, 6.07) is 11.4. The van der Waals surface area contributed by atoms with Crippen LogP contribution in [0.5, 0.6) is 0 Å². The minimum atomic E-state index is -0.474. The lowest BCUT2D eigenvalue weighted by molar-refractivity contribution is -0.384. The van der Waals surface area contributed by atoms with E-state index in [1.807, 2.05) is 25.1 Å². The van der Waals surface area contributed by atoms with Gasteiger partial charge in [0.05, 0.1) is 16.3 Å². The smallest absolute Gasteiger partial charge is 0.275 e. The van der Waals surface area contributed by atoms with Crippen molar-refractivity contribution >= 4 is 28.7 Å². The maximum Gasteiger partial charge on any atom is 0.275 e. The van der Waals surface area contributed by atoms with Crippen molar-refractivity contribution in [1.29, 1.82) is 0 Å². The van der Waals surface area contributed by atoms with Gasteiger partial charge in [-0.2, -0.15) is 0 Å². The molecule has 0 spiro atoms. The number of fused-ring (bicyclic) bond motifs is 1. The lowest BCUT2D eigenvalue weighted by atomic mass is 10.1. The Labute approximate surface area is 120 Å². The molecule has 0 aliphatic carbocycles. The van der Waals surface area contributed by atoms with Crippen molar-refractivity contribution in [2.75, 3.05) is 5.32 Å². The molecule has 0 unspecified atom stereocenters. The van der Waals surface area contributed by atoms with E-state index in [0.29, 0.717) is 11.4 Å². The highest BCUT2D eigenvalue weighted by Gasteiger charge is 2.25. The van der Waals surface area contributed by atoms with Crippen molar-refractivity contribution in [3.8, 4) is 0 Å². The normalized spacial score (nSPS) is 14.9. The number of non-ortho nitro benzene ring substituents is 1. The van der Waals surface area contributed by atoms with Gasteiger partial charge in [-0.3, -0.25) is 14.9 Å². The predicted octanol–water partition coefficient (Wildman–Crippen LogP) is 2.98. The number of hydrogen-bond donors (Lipinski definition) is 1. The minimum Gasteiger partial charge on any atom is -0.320 e. The fourth-order valence-corrected chi connectivity index (χ4v) is 2.16. The van der Waals surface area contributed by atoms with Gasteiger partial charge in [0.25, 0.3) is 11.6 Å². The average Bonchev–Trinajstić information content (AvgIpc) is 2.76. The molecule has 0 fully saturated rings. The molecule has 1 N–H and O–H groups in total. The zero-order valence-electron chi connectivity index (χ0n) is 11.2. The van der Waals surface area contributed by atoms with Gasteiger partial charge in [-0.05, 0) is 31.2 Å². The van der Waals surface area contributed by atoms with Gasteiger partial charge in [0.15, 0.2) is 0 Å². The third-order valence-electron chi connectivity index (χ3n) is 3.19. The quantitative estimate of drug-likeness (QED) is 0.678. The van der Waals surface area contributed by atoms with Crippen molar-refractivity contribution in [2.24, 2.45) is 4.99 Å². The van der Waals surface area contributed by atoms with E-state index in [4.69, 9.17) is 0 Å². The lowest BCUT2D eigenvalue weighted by Gasteiger charge is -2.00. The first-order chi connectivity index (χ1) is 10.0. The van der Waals surface area contributed by atoms with Gasteiger partial charge in [-0.25, -0.2) is 4.99 Å². The van der Waals surface area contributed by atoms with Crippen molar-refractivity contribution in [3.63, 3.8) is 0 Å². The SMILES string of the molecule is Cc1ccc2c(c1)C(=Nc1ccc([N+](=O)[O-])cc1)C(=O)N2. The number of anilines is 1. The summed E-state index contributed by atoms with van der Waals surface area (Å²) in [6.45, 7) is 1.94. The van der Waals surface area contributed by atoms with Gasteiger partial charge < -0.3 is 5.32 Å². The molecule has 3 rings (SSSR count). The van der Waals surface area contributed by atoms with Crippen molar-refractivity contribution < 1.29 is 9.72 Å². The molecular weight excluding hydrogens is 270 g/mol. The number of nitro groups is 1. The molecule has 6 nitrogen and oxygen atoms in total. The van der Waals surface area contributed by atoms with Gasteiger partial charge in [0, 0.05) is 17.7 Å². The van der Waals surface area contributed by atoms with E-state index < -0.39 is 4.92 Å². The molecule has 1 aliphatic heterocycles. The number of nitrogens with zero attached hydrogens (tertiary/aromatic N) is 2. The summed E-state index contributed by atoms with van der Waals surface area (Å²) in [7, 11) is 0. The van der Waals surface area contributed by atoms with Crippen molar-refractivity contribution in [1.82, 2.24) is 0 Å². The second-order valence-corrected chi connectivity index (χ2v) is 4.74. The van der Waals surface area contributed by atoms with E-state index in [1.165, 1.54) is 24.3 Å². The van der Waals surface area contributed by atoms with Crippen LogP contribution in [0.2, 0.25) is 0 Å². The van der Waals surface area contributed by atoms with Crippen LogP contribution in [0.1, 0.15) is 11.1 Å². The summed E-state index contributed by atoms with van der Waals surface area (Å²) in [4.78, 5) is 26.4. The molecule has 2 aromatic rings. The minimum absolute atomic E-state index is 0.00827. The first kappa shape index (κ1) is 13.0. The van der Waals surface area contributed by atoms with Gasteiger partial charge in [0.2, 0.25) is 0 Å². The van der Waals surface area contributed by atoms with Crippen LogP contribution in [-0.4, -0.2) is 16.5 Å². The molecule has 0 aromatic heterocycles. The highest BCUT2D eigenvalue weighted by atomic mass is 16.6. The Morgan fingerprint density at radius 2 is 1.86 bits per heavy atom. The van der Waals surface area contributed by atoms with E-state index in [-0.39, 0.29) is 11.6 Å². The number of benzene rings is 2. The molecule has 0 radical (unpaired) electrons. The highest BCUT2D eigenvalue weighted by Crippen LogP contribution is 2.27. The molecule has 2 aromatic carbocycles. The van der Waals surface area contributed by atoms with Gasteiger partial charge in [-0.1, -0.05) is 11.6 Å². The number of nitrogens with one attached hydrogen (secondary N) is 1. The largest absolute Gasteiger partial charge is 0.320 e. The Bertz CT molecular complexity index is 779. The number of rotatable bonds is 2. The Morgan fingerprint density at radius 3 is 2.52 bits per heavy atom. The lowest BCUT2D eigenvalue weighted by Crippen LogP contribution is -2.13. The summed E-state index contributed by atoms with van der Waals surface area (Å²) < 4.78 is 0. The molecule has 0 saturated heterocycles. The van der Waals surface area contributed by atoms with Crippen LogP contribution < -0.4 is 5.32 Å². The standard InChI is InChI=1S/C15H11N3O3/c1-9-2-7-13-12(8-9)14(15(19)17-13)16-10-3-5-11(6-4-10)18(20)21/h2-8H,1H3,(H,16,17,19). The molecule has 1 heterocycles. The summed E-state index contributed by atoms with van der Waals surface area (Å²) in [6.07, 6.45) is 0. The van der Waals surface area contributed by atoms with Gasteiger partial charge >= 0.3 is 0 Å². The zero-order chi connectivity index (χ0) is 15.0. The molecule has 0 atom stereocenters. The first-order valence-corrected chi connectivity index (χ1v) is 6.30. The zero-order valence-corrected chi connectivity index (χ0v) is 11.2. The monoisotopic (exact) mass is 281 g/mol. The van der Waals surface area contributed by atoms with Crippen LogP contribution >= 0.6 is 0 Å². The van der Waals surface area contributed by atoms with Gasteiger partial charge in [0.1, 0.15) is 5.71 Å². The highest BCUT2D eigenvalue weighted by molar-refractivity contribution is 6.54. The number of carbonyl (C=O) groups is 1. The number of aliphatic imine (C=N–C) groups is 1. The third-order valence-corrected chi connectivity index (χ3v) is 3.19. The van der Waals surface area contributed by atoms with E-state index in [0.717, 1.165) is 16.8 Å². The van der Waals surface area contributed by atoms with Crippen LogP contribution in [0, 0.1) is 17.0 Å². The Morgan fingerprint density at radius 1 is 1.14 bits per heavy atom. The molecule has 21 heavy (non-hydrogen) atoms. The van der Waals surface area contributed by atoms with Crippen LogP contribution in [0.4, 0.5) is 17.1 Å². The molecule has 0 bridgehead atoms. The molecule has 6 heteroatoms. The van der Waals surface area contributed by atoms with E-state index in [9.17, 15) is 14.9 Å². The van der Waals surface area contributed by atoms with Crippen LogP contribution in [-0.2, 0) is 4.79 Å². The Balaban J connectivity index is 2.02. The summed E-state index contributed by atoms with van der Waals surface area (Å²) >= 11 is 0. The van der Waals surface area contributed by atoms with Crippen LogP contribution in [0.3, 0.4) is 0 Å². The second-order valence-electron chi connectivity index (χ2n) is 4.74. The van der Waals surface area contributed by atoms with Gasteiger partial charge in [-0.15, -0.1) is 0 Å². The molecule has 1 aliphatic rings. The van der Waals surface area contributed by atoms with Crippen LogP contribution in [0.25, 0.3) is 0 Å². The summed E-state index contributed by atoms with van der Waals surface area (Å²) in [5.74, 6) is -0.269. The molecule has 1 amide bonds. The fraction of sp³-hybridized carbons (Fsp3) is 0.0667. The topological polar surface area (TPSA) is 84.6 Å². The Kier molecular flexibility index (Phi) is 2.98. The molecule has 104 valence electrons. The van der Waals surface area contributed by atoms with E-state index >= 15 is 0 Å². The average molecular weight is 281 g/mol. The molecular formula is C15H11N3O3. The summed E-state index contributed by atoms with van der Waals surface area (Å²) in [5, 5.41) is 13.4. The number of hydrogen-bond acceptors (Lipinski definition) is 4. The van der Waals surface area contributed by atoms with E-state index in [2.05, 4.69) is 10.3 Å². The van der Waals surface area contributed by atoms with E-state index in [1.54, 1.807) is 0 Å². The number of aryl methyl sites for hydroxylation is 1. The summed E-state index contributed by atoms with van der Waals surface area (Å²) in [5.41, 5.74) is 3.32. The number of nitro benzene ring substituents is 1. The third kappa shape index (κ3) is 2.38. The number of carbonyl (C=O) groups excluding carboxylic acids is 1. The Hall–Kier alpha value is -3.02. The predicted molar refractivity (Wildman–Crippen MR) is 79.1 cm³/mol. The number of amides is 1. The molecule has 0 saturated carbocycles.